The first-order chi connectivity index (χ1) is 46.5. The van der Waals surface area contributed by atoms with Crippen molar-refractivity contribution >= 4 is 126 Å². The molecule has 13 amide bonds. The van der Waals surface area contributed by atoms with Crippen LogP contribution in [0.3, 0.4) is 0 Å². The third kappa shape index (κ3) is 27.0. The number of primary amides is 1. The van der Waals surface area contributed by atoms with Gasteiger partial charge in [0.25, 0.3) is 0 Å². The van der Waals surface area contributed by atoms with Crippen LogP contribution in [-0.4, -0.2) is 236 Å². The highest BCUT2D eigenvalue weighted by Crippen LogP contribution is 2.27. The maximum Gasteiger partial charge on any atom is 0.246 e. The number of amides is 13. The van der Waals surface area contributed by atoms with Gasteiger partial charge in [0.1, 0.15) is 66.2 Å². The van der Waals surface area contributed by atoms with Crippen LogP contribution in [0.15, 0.2) is 41.8 Å². The van der Waals surface area contributed by atoms with Crippen LogP contribution in [0.2, 0.25) is 0 Å². The van der Waals surface area contributed by atoms with Gasteiger partial charge in [0.05, 0.1) is 31.6 Å². The number of rotatable bonds is 22. The van der Waals surface area contributed by atoms with Gasteiger partial charge in [0.2, 0.25) is 76.8 Å². The van der Waals surface area contributed by atoms with Gasteiger partial charge in [-0.15, -0.1) is 0 Å². The van der Waals surface area contributed by atoms with E-state index in [1.807, 2.05) is 0 Å². The van der Waals surface area contributed by atoms with Crippen molar-refractivity contribution in [3.63, 3.8) is 0 Å². The van der Waals surface area contributed by atoms with Gasteiger partial charge in [-0.3, -0.25) is 67.3 Å². The van der Waals surface area contributed by atoms with E-state index in [-0.39, 0.29) is 92.3 Å². The standard InChI is InChI=1S/C59H92N20O15S4/c1-29(2)16-37-52(88)76-42-26-98-96-25-41(50(86)68-21-45(82)70-38(17-31-10-12-33(80)13-11-31)53(89)71-36(51(87)72-37)9-5-6-14-60)75-55(91)43(77-57(93)47(30(3)4)78-46(83)22-67-49(85)35(61)8-7-15-66-59(63)64)27-97-95-24-40(48(62)84)74-56(92)44-19-34(81)23-79(44)58(94)39(73-54(42)90)18-32-20-65-28-69-32/h10-13,20,28-30,34-44,47,80-81H,5-9,14-19,21-27,60-61H2,1-4H3,(H2,62,84)(H,65,69)(H,67,85)(H,68,86)(H,70,82)(H,71,89)(H,72,87)(H,73,90)(H,74,92)(H,75,91)(H,76,88)(H,77,93)(H,78,83)(H4,63,64,66)/t34-,35+,36+,37+,38+,39+,40+,41+,42+,43+,44+,47+/m1/s1. The summed E-state index contributed by atoms with van der Waals surface area (Å²) in [5.74, 6) is -14.2. The summed E-state index contributed by atoms with van der Waals surface area (Å²) in [6.07, 6.45) is 1.88. The zero-order valence-electron chi connectivity index (χ0n) is 54.8. The topological polar surface area (TPSA) is 569 Å². The van der Waals surface area contributed by atoms with E-state index in [9.17, 15) is 72.5 Å². The van der Waals surface area contributed by atoms with Crippen LogP contribution >= 0.6 is 43.2 Å². The summed E-state index contributed by atoms with van der Waals surface area (Å²) >= 11 is 0. The lowest BCUT2D eigenvalue weighted by atomic mass is 10.0. The van der Waals surface area contributed by atoms with E-state index in [2.05, 4.69) is 73.4 Å². The highest BCUT2D eigenvalue weighted by Gasteiger charge is 2.44. The number of aromatic hydroxyl groups is 1. The number of aromatic nitrogens is 2. The number of guanidine groups is 1. The van der Waals surface area contributed by atoms with Crippen molar-refractivity contribution in [1.82, 2.24) is 73.4 Å². The highest BCUT2D eigenvalue weighted by molar-refractivity contribution is 8.77. The zero-order chi connectivity index (χ0) is 72.2. The molecule has 3 saturated heterocycles. The molecule has 2 bridgehead atoms. The fraction of sp³-hybridized carbons (Fsp3) is 0.610. The molecule has 0 saturated carbocycles. The Labute approximate surface area is 582 Å². The minimum atomic E-state index is -1.61. The van der Waals surface area contributed by atoms with Crippen LogP contribution in [0.4, 0.5) is 0 Å². The molecular formula is C59H92N20O15S4. The Balaban J connectivity index is 1.59. The maximum absolute atomic E-state index is 15.0. The molecule has 1 aromatic heterocycles. The molecule has 3 aliphatic rings. The molecule has 0 spiro atoms. The summed E-state index contributed by atoms with van der Waals surface area (Å²) in [7, 11) is 3.65. The molecule has 24 N–H and O–H groups in total. The predicted molar refractivity (Wildman–Crippen MR) is 368 cm³/mol. The second-order valence-corrected chi connectivity index (χ2v) is 29.4. The minimum absolute atomic E-state index is 0.000243. The molecule has 4 heterocycles. The number of hydrogen-bond donors (Lipinski definition) is 19. The van der Waals surface area contributed by atoms with Crippen molar-refractivity contribution in [2.45, 2.75) is 158 Å². The molecular weight excluding hydrogens is 1360 g/mol. The summed E-state index contributed by atoms with van der Waals surface area (Å²) in [6.45, 7) is 5.31. The third-order valence-corrected chi connectivity index (χ3v) is 20.3. The molecule has 0 unspecified atom stereocenters. The van der Waals surface area contributed by atoms with Gasteiger partial charge in [0, 0.05) is 67.3 Å². The minimum Gasteiger partial charge on any atom is -0.508 e. The first kappa shape index (κ1) is 80.6. The van der Waals surface area contributed by atoms with E-state index in [4.69, 9.17) is 28.7 Å². The number of unbranched alkanes of at least 4 members (excludes halogenated alkanes) is 1. The molecule has 0 radical (unpaired) electrons. The lowest BCUT2D eigenvalue weighted by Gasteiger charge is -2.31. The van der Waals surface area contributed by atoms with Crippen LogP contribution in [0.1, 0.15) is 83.9 Å². The number of carbonyl (C=O) groups excluding carboxylic acids is 13. The number of fused-ring (bicyclic) bond motifs is 6. The Hall–Kier alpha value is -8.11. The average Bonchev–Trinajstić information content (AvgIpc) is 1.64. The first-order valence-electron chi connectivity index (χ1n) is 31.8. The number of nitrogens with zero attached hydrogens (tertiary/aromatic N) is 3. The largest absolute Gasteiger partial charge is 0.508 e. The van der Waals surface area contributed by atoms with Gasteiger partial charge in [0.15, 0.2) is 5.96 Å². The fourth-order valence-electron chi connectivity index (χ4n) is 10.2. The lowest BCUT2D eigenvalue weighted by molar-refractivity contribution is -0.142. The molecule has 98 heavy (non-hydrogen) atoms. The van der Waals surface area contributed by atoms with E-state index in [0.717, 1.165) is 48.1 Å². The number of imidazole rings is 1. The highest BCUT2D eigenvalue weighted by atomic mass is 33.1. The van der Waals surface area contributed by atoms with Crippen molar-refractivity contribution in [1.29, 1.82) is 0 Å². The van der Waals surface area contributed by atoms with Crippen LogP contribution < -0.4 is 87.2 Å². The normalized spacial score (nSPS) is 24.7. The van der Waals surface area contributed by atoms with Gasteiger partial charge in [-0.1, -0.05) is 83.0 Å². The Morgan fingerprint density at radius 3 is 1.99 bits per heavy atom. The Morgan fingerprint density at radius 2 is 1.35 bits per heavy atom. The third-order valence-electron chi connectivity index (χ3n) is 15.5. The number of H-pyrrole nitrogens is 1. The zero-order valence-corrected chi connectivity index (χ0v) is 58.1. The maximum atomic E-state index is 15.0. The molecule has 3 aliphatic heterocycles. The number of phenols is 1. The summed E-state index contributed by atoms with van der Waals surface area (Å²) in [5.41, 5.74) is 29.2. The number of nitrogens with two attached hydrogens (primary N) is 5. The van der Waals surface area contributed by atoms with E-state index in [0.29, 0.717) is 30.5 Å². The van der Waals surface area contributed by atoms with Crippen LogP contribution in [0, 0.1) is 11.8 Å². The quantitative estimate of drug-likeness (QED) is 0.0226. The number of aromatic amines is 1. The SMILES string of the molecule is CC(C)C[C@@H]1NC(=O)[C@H](CCCCN)NC(=O)[C@H](Cc2ccc(O)cc2)NC(=O)CNC(=O)[C@@H]2CSSC[C@H](NC1=O)C(=O)N[C@@H](Cc1cnc[nH]1)C(=O)N1C[C@H](O)C[C@H]1C(=O)N[C@H](C(N)=O)CSSC[C@H](NC(=O)[C@@H](NC(=O)CNC(=O)[C@@H](N)CCCN=C(N)N)C(C)C)C(=O)N2. The summed E-state index contributed by atoms with van der Waals surface area (Å²) < 4.78 is 0. The van der Waals surface area contributed by atoms with Crippen molar-refractivity contribution in [3.05, 3.63) is 48.0 Å². The second-order valence-electron chi connectivity index (χ2n) is 24.3. The number of hydrogen-bond acceptors (Lipinski definition) is 23. The molecule has 1 aromatic carbocycles. The summed E-state index contributed by atoms with van der Waals surface area (Å²) in [5, 5.41) is 49.8. The van der Waals surface area contributed by atoms with E-state index < -0.39 is 175 Å². The van der Waals surface area contributed by atoms with Crippen molar-refractivity contribution in [3.8, 4) is 5.75 Å². The van der Waals surface area contributed by atoms with Gasteiger partial charge < -0.3 is 107 Å². The van der Waals surface area contributed by atoms with Crippen molar-refractivity contribution in [2.75, 3.05) is 55.7 Å². The number of phenolic OH excluding ortho intramolecular Hbond substituents is 1. The number of benzene rings is 1. The van der Waals surface area contributed by atoms with Crippen LogP contribution in [-0.2, 0) is 75.2 Å². The van der Waals surface area contributed by atoms with E-state index in [1.54, 1.807) is 27.7 Å². The smallest absolute Gasteiger partial charge is 0.246 e. The first-order valence-corrected chi connectivity index (χ1v) is 36.8. The number of nitrogens with one attached hydrogen (secondary N) is 12. The van der Waals surface area contributed by atoms with Crippen molar-refractivity contribution < 1.29 is 72.5 Å². The Kier molecular flexibility index (Phi) is 33.5. The van der Waals surface area contributed by atoms with E-state index in [1.165, 1.54) is 36.8 Å². The number of aliphatic hydroxyl groups is 1. The molecule has 35 nitrogen and oxygen atoms in total. The summed E-state index contributed by atoms with van der Waals surface area (Å²) in [4.78, 5) is 197. The molecule has 12 atom stereocenters. The predicted octanol–water partition coefficient (Wildman–Crippen LogP) is -6.05. The van der Waals surface area contributed by atoms with Gasteiger partial charge in [-0.25, -0.2) is 4.98 Å². The van der Waals surface area contributed by atoms with E-state index >= 15 is 0 Å². The Bertz CT molecular complexity index is 3110. The fourth-order valence-corrected chi connectivity index (χ4v) is 14.9. The molecule has 5 rings (SSSR count). The molecule has 0 aliphatic carbocycles. The summed E-state index contributed by atoms with van der Waals surface area (Å²) in [6, 6.07) is -10.1. The van der Waals surface area contributed by atoms with Crippen LogP contribution in [0.5, 0.6) is 5.75 Å². The molecule has 39 heteroatoms. The average molecular weight is 1450 g/mol. The monoisotopic (exact) mass is 1450 g/mol. The lowest BCUT2D eigenvalue weighted by Crippen LogP contribution is -2.61. The van der Waals surface area contributed by atoms with Crippen LogP contribution in [0.25, 0.3) is 0 Å². The molecule has 542 valence electrons. The van der Waals surface area contributed by atoms with Gasteiger partial charge >= 0.3 is 0 Å². The Morgan fingerprint density at radius 1 is 0.714 bits per heavy atom. The van der Waals surface area contributed by atoms with Crippen molar-refractivity contribution in [2.24, 2.45) is 45.5 Å². The van der Waals surface area contributed by atoms with Gasteiger partial charge in [-0.05, 0) is 74.6 Å². The number of aliphatic hydroxyl groups excluding tert-OH is 1. The molecule has 3 fully saturated rings. The van der Waals surface area contributed by atoms with Gasteiger partial charge in [-0.2, -0.15) is 0 Å². The number of carbonyl (C=O) groups is 13. The number of aliphatic imine (C=N–C) groups is 1. The molecule has 2 aromatic rings. The second kappa shape index (κ2) is 40.7.